The van der Waals surface area contributed by atoms with Gasteiger partial charge in [-0.15, -0.1) is 0 Å². The molecule has 2 N–H and O–H groups in total. The number of morpholine rings is 1. The maximum absolute atomic E-state index is 13.7. The van der Waals surface area contributed by atoms with E-state index >= 15 is 0 Å². The Kier molecular flexibility index (Phi) is 6.90. The number of hydrogen-bond acceptors (Lipinski definition) is 5. The van der Waals surface area contributed by atoms with E-state index in [1.54, 1.807) is 24.4 Å². The Morgan fingerprint density at radius 1 is 1.26 bits per heavy atom. The van der Waals surface area contributed by atoms with Gasteiger partial charge in [0.1, 0.15) is 23.3 Å². The highest BCUT2D eigenvalue weighted by molar-refractivity contribution is 5.94. The predicted molar refractivity (Wildman–Crippen MR) is 136 cm³/mol. The molecule has 1 aromatic carbocycles. The lowest BCUT2D eigenvalue weighted by atomic mass is 10.0. The van der Waals surface area contributed by atoms with E-state index in [1.807, 2.05) is 35.2 Å². The molecule has 7 nitrogen and oxygen atoms in total. The third-order valence-electron chi connectivity index (χ3n) is 6.72. The molecule has 35 heavy (non-hydrogen) atoms. The molecule has 0 radical (unpaired) electrons. The summed E-state index contributed by atoms with van der Waals surface area (Å²) in [4.78, 5) is 16.9. The molecule has 2 aliphatic heterocycles. The summed E-state index contributed by atoms with van der Waals surface area (Å²) in [5.74, 6) is 1.76. The molecule has 0 saturated carbocycles. The zero-order chi connectivity index (χ0) is 24.2. The summed E-state index contributed by atoms with van der Waals surface area (Å²) in [5.41, 5.74) is 2.57. The zero-order valence-corrected chi connectivity index (χ0v) is 20.0. The van der Waals surface area contributed by atoms with Gasteiger partial charge in [-0.3, -0.25) is 5.41 Å². The number of aromatic nitrogens is 3. The average molecular weight is 475 g/mol. The summed E-state index contributed by atoms with van der Waals surface area (Å²) in [6, 6.07) is 12.7. The van der Waals surface area contributed by atoms with Crippen LogP contribution in [0.2, 0.25) is 0 Å². The third-order valence-corrected chi connectivity index (χ3v) is 6.72. The second kappa shape index (κ2) is 10.4. The molecule has 2 aromatic heterocycles. The first-order chi connectivity index (χ1) is 17.1. The number of imidazole rings is 1. The number of pyridine rings is 1. The first-order valence-corrected chi connectivity index (χ1v) is 12.3. The number of aromatic amines is 1. The highest BCUT2D eigenvalue weighted by Crippen LogP contribution is 2.32. The molecular formula is C27H31FN6O. The molecule has 2 aliphatic rings. The Morgan fingerprint density at radius 3 is 3.00 bits per heavy atom. The summed E-state index contributed by atoms with van der Waals surface area (Å²) >= 11 is 0. The molecule has 0 amide bonds. The van der Waals surface area contributed by atoms with Crippen LogP contribution in [0, 0.1) is 11.2 Å². The number of benzene rings is 1. The SMILES string of the molecule is CC[C@H]1CN(c2cccc(-c3cnc(/C=C\C(=N)N4CCCC4c4cccc(F)c4)[nH]3)n2)CCO1. The molecule has 2 fully saturated rings. The molecule has 3 aromatic rings. The van der Waals surface area contributed by atoms with Gasteiger partial charge in [-0.25, -0.2) is 14.4 Å². The van der Waals surface area contributed by atoms with Crippen LogP contribution in [0.25, 0.3) is 17.5 Å². The maximum Gasteiger partial charge on any atom is 0.130 e. The topological polar surface area (TPSA) is 81.1 Å². The van der Waals surface area contributed by atoms with Crippen LogP contribution in [0.15, 0.2) is 54.7 Å². The predicted octanol–water partition coefficient (Wildman–Crippen LogP) is 5.05. The summed E-state index contributed by atoms with van der Waals surface area (Å²) in [6.07, 6.45) is 8.45. The van der Waals surface area contributed by atoms with Crippen molar-refractivity contribution < 1.29 is 9.13 Å². The number of nitrogens with zero attached hydrogens (tertiary/aromatic N) is 4. The van der Waals surface area contributed by atoms with E-state index in [-0.39, 0.29) is 18.0 Å². The van der Waals surface area contributed by atoms with Crippen molar-refractivity contribution in [1.29, 1.82) is 5.41 Å². The van der Waals surface area contributed by atoms with Crippen molar-refractivity contribution in [1.82, 2.24) is 19.9 Å². The van der Waals surface area contributed by atoms with E-state index < -0.39 is 0 Å². The van der Waals surface area contributed by atoms with Gasteiger partial charge in [-0.1, -0.05) is 25.1 Å². The minimum absolute atomic E-state index is 0.0226. The summed E-state index contributed by atoms with van der Waals surface area (Å²) in [7, 11) is 0. The fourth-order valence-electron chi connectivity index (χ4n) is 4.84. The normalized spacial score (nSPS) is 20.6. The summed E-state index contributed by atoms with van der Waals surface area (Å²) < 4.78 is 19.5. The smallest absolute Gasteiger partial charge is 0.130 e. The first kappa shape index (κ1) is 23.2. The van der Waals surface area contributed by atoms with E-state index in [0.717, 1.165) is 61.7 Å². The second-order valence-corrected chi connectivity index (χ2v) is 9.04. The quantitative estimate of drug-likeness (QED) is 0.386. The summed E-state index contributed by atoms with van der Waals surface area (Å²) in [6.45, 7) is 5.32. The van der Waals surface area contributed by atoms with Gasteiger partial charge < -0.3 is 19.5 Å². The standard InChI is InChI=1S/C27H31FN6O/c1-2-21-18-33(14-15-35-21)27-10-4-8-22(32-27)23-17-30-26(31-23)12-11-25(29)34-13-5-9-24(34)19-6-3-7-20(28)16-19/h3-4,6-8,10-12,16-17,21,24,29H,2,5,9,13-15,18H2,1H3,(H,30,31)/b12-11-,29-25?/t21-,24?/m0/s1. The molecular weight excluding hydrogens is 443 g/mol. The molecule has 2 atom stereocenters. The number of ether oxygens (including phenoxy) is 1. The molecule has 1 unspecified atom stereocenters. The Morgan fingerprint density at radius 2 is 2.14 bits per heavy atom. The highest BCUT2D eigenvalue weighted by Gasteiger charge is 2.27. The monoisotopic (exact) mass is 474 g/mol. The zero-order valence-electron chi connectivity index (χ0n) is 20.0. The van der Waals surface area contributed by atoms with Gasteiger partial charge in [0.15, 0.2) is 0 Å². The number of halogens is 1. The van der Waals surface area contributed by atoms with Crippen LogP contribution in [-0.4, -0.2) is 58.0 Å². The van der Waals surface area contributed by atoms with Crippen LogP contribution >= 0.6 is 0 Å². The molecule has 0 bridgehead atoms. The lowest BCUT2D eigenvalue weighted by molar-refractivity contribution is 0.0382. The Balaban J connectivity index is 1.27. The van der Waals surface area contributed by atoms with Crippen LogP contribution in [0.3, 0.4) is 0 Å². The molecule has 182 valence electrons. The molecule has 2 saturated heterocycles. The third kappa shape index (κ3) is 5.27. The van der Waals surface area contributed by atoms with Crippen LogP contribution in [-0.2, 0) is 4.74 Å². The Hall–Kier alpha value is -3.52. The lowest BCUT2D eigenvalue weighted by Gasteiger charge is -2.33. The first-order valence-electron chi connectivity index (χ1n) is 12.3. The molecule has 4 heterocycles. The van der Waals surface area contributed by atoms with Crippen molar-refractivity contribution in [3.8, 4) is 11.4 Å². The molecule has 5 rings (SSSR count). The Bertz CT molecular complexity index is 1210. The fraction of sp³-hybridized carbons (Fsp3) is 0.370. The molecule has 8 heteroatoms. The number of nitrogens with one attached hydrogen (secondary N) is 2. The average Bonchev–Trinajstić information content (AvgIpc) is 3.58. The largest absolute Gasteiger partial charge is 0.375 e. The minimum atomic E-state index is -0.240. The van der Waals surface area contributed by atoms with E-state index in [2.05, 4.69) is 21.8 Å². The van der Waals surface area contributed by atoms with Gasteiger partial charge in [-0.2, -0.15) is 0 Å². The van der Waals surface area contributed by atoms with Crippen molar-refractivity contribution >= 4 is 17.7 Å². The van der Waals surface area contributed by atoms with Crippen molar-refractivity contribution in [2.24, 2.45) is 0 Å². The van der Waals surface area contributed by atoms with Gasteiger partial charge >= 0.3 is 0 Å². The van der Waals surface area contributed by atoms with Gasteiger partial charge in [0.2, 0.25) is 0 Å². The highest BCUT2D eigenvalue weighted by atomic mass is 19.1. The number of likely N-dealkylation sites (tertiary alicyclic amines) is 1. The van der Waals surface area contributed by atoms with Crippen LogP contribution in [0.4, 0.5) is 10.2 Å². The van der Waals surface area contributed by atoms with E-state index in [1.165, 1.54) is 6.07 Å². The van der Waals surface area contributed by atoms with E-state index in [4.69, 9.17) is 15.1 Å². The summed E-state index contributed by atoms with van der Waals surface area (Å²) in [5, 5.41) is 8.59. The fourth-order valence-corrected chi connectivity index (χ4v) is 4.84. The minimum Gasteiger partial charge on any atom is -0.375 e. The number of rotatable bonds is 6. The van der Waals surface area contributed by atoms with Crippen LogP contribution < -0.4 is 4.90 Å². The number of amidine groups is 1. The van der Waals surface area contributed by atoms with Crippen LogP contribution in [0.1, 0.15) is 43.6 Å². The van der Waals surface area contributed by atoms with E-state index in [9.17, 15) is 4.39 Å². The van der Waals surface area contributed by atoms with Gasteiger partial charge in [0, 0.05) is 19.6 Å². The number of hydrogen-bond donors (Lipinski definition) is 2. The van der Waals surface area contributed by atoms with Crippen molar-refractivity contribution in [3.05, 3.63) is 71.9 Å². The van der Waals surface area contributed by atoms with Crippen molar-refractivity contribution in [3.63, 3.8) is 0 Å². The maximum atomic E-state index is 13.7. The van der Waals surface area contributed by atoms with Crippen molar-refractivity contribution in [2.75, 3.05) is 31.1 Å². The van der Waals surface area contributed by atoms with Gasteiger partial charge in [-0.05, 0) is 61.2 Å². The molecule has 0 aliphatic carbocycles. The van der Waals surface area contributed by atoms with Crippen molar-refractivity contribution in [2.45, 2.75) is 38.3 Å². The van der Waals surface area contributed by atoms with Gasteiger partial charge in [0.25, 0.3) is 0 Å². The Labute approximate surface area is 205 Å². The van der Waals surface area contributed by atoms with Crippen LogP contribution in [0.5, 0.6) is 0 Å². The number of anilines is 1. The van der Waals surface area contributed by atoms with Gasteiger partial charge in [0.05, 0.1) is 36.3 Å². The van der Waals surface area contributed by atoms with E-state index in [0.29, 0.717) is 18.3 Å². The lowest BCUT2D eigenvalue weighted by Crippen LogP contribution is -2.42. The number of H-pyrrole nitrogens is 1. The second-order valence-electron chi connectivity index (χ2n) is 9.04. The molecule has 0 spiro atoms.